The van der Waals surface area contributed by atoms with Gasteiger partial charge in [0.2, 0.25) is 0 Å². The molecular weight excluding hydrogens is 374 g/mol. The summed E-state index contributed by atoms with van der Waals surface area (Å²) in [4.78, 5) is 26.1. The maximum Gasteiger partial charge on any atom is 0.269 e. The van der Waals surface area contributed by atoms with Crippen molar-refractivity contribution in [2.24, 2.45) is 0 Å². The second-order valence-electron chi connectivity index (χ2n) is 6.47. The van der Waals surface area contributed by atoms with E-state index in [0.717, 1.165) is 17.3 Å². The Balaban J connectivity index is 1.57. The molecule has 2 aromatic rings. The number of benzene rings is 1. The molecule has 0 bridgehead atoms. The predicted octanol–water partition coefficient (Wildman–Crippen LogP) is 4.05. The summed E-state index contributed by atoms with van der Waals surface area (Å²) in [6, 6.07) is 8.32. The molecule has 0 radical (unpaired) electrons. The summed E-state index contributed by atoms with van der Waals surface area (Å²) in [7, 11) is 0. The fourth-order valence-corrected chi connectivity index (χ4v) is 4.81. The average Bonchev–Trinajstić information content (AvgIpc) is 2.98. The maximum atomic E-state index is 12.2. The monoisotopic (exact) mass is 393 g/mol. The van der Waals surface area contributed by atoms with Crippen molar-refractivity contribution in [2.45, 2.75) is 32.4 Å². The van der Waals surface area contributed by atoms with Crippen LogP contribution in [0.15, 0.2) is 30.3 Å². The summed E-state index contributed by atoms with van der Waals surface area (Å²) >= 11 is 7.78. The van der Waals surface area contributed by atoms with E-state index >= 15 is 0 Å². The van der Waals surface area contributed by atoms with Crippen molar-refractivity contribution in [2.75, 3.05) is 13.1 Å². The summed E-state index contributed by atoms with van der Waals surface area (Å²) < 4.78 is 0.822. The first-order valence-corrected chi connectivity index (χ1v) is 9.62. The molecule has 1 aromatic heterocycles. The summed E-state index contributed by atoms with van der Waals surface area (Å²) in [6.45, 7) is 5.59. The van der Waals surface area contributed by atoms with Crippen LogP contribution in [-0.4, -0.2) is 34.9 Å². The van der Waals surface area contributed by atoms with Crippen molar-refractivity contribution >= 4 is 34.5 Å². The Hall–Kier alpha value is -1.96. The zero-order chi connectivity index (χ0) is 18.8. The lowest BCUT2D eigenvalue weighted by molar-refractivity contribution is -0.384. The molecule has 0 saturated heterocycles. The average molecular weight is 394 g/mol. The van der Waals surface area contributed by atoms with E-state index < -0.39 is 4.92 Å². The van der Waals surface area contributed by atoms with Crippen molar-refractivity contribution in [1.82, 2.24) is 10.2 Å². The van der Waals surface area contributed by atoms with Crippen LogP contribution in [0.3, 0.4) is 0 Å². The number of non-ortho nitro benzene ring substituents is 1. The lowest BCUT2D eigenvalue weighted by atomic mass is 9.97. The van der Waals surface area contributed by atoms with E-state index in [0.29, 0.717) is 18.2 Å². The van der Waals surface area contributed by atoms with Crippen LogP contribution in [0, 0.1) is 10.1 Å². The Kier molecular flexibility index (Phi) is 5.60. The molecule has 0 spiro atoms. The second-order valence-corrected chi connectivity index (χ2v) is 8.18. The highest BCUT2D eigenvalue weighted by molar-refractivity contribution is 7.16. The number of hydrogen-bond acceptors (Lipinski definition) is 5. The number of nitro benzene ring substituents is 1. The van der Waals surface area contributed by atoms with Gasteiger partial charge in [0.25, 0.3) is 11.6 Å². The number of thiophene rings is 1. The van der Waals surface area contributed by atoms with Gasteiger partial charge in [-0.2, -0.15) is 0 Å². The van der Waals surface area contributed by atoms with Crippen molar-refractivity contribution in [3.8, 4) is 0 Å². The quantitative estimate of drug-likeness (QED) is 0.614. The third-order valence-electron chi connectivity index (χ3n) is 4.77. The standard InChI is InChI=1S/C18H20ClN3O3S/c1-11-9-14-10-16(19)26-17(14)12(2)21(11)8-7-20-18(23)13-3-5-15(6-4-13)22(24)25/h3-6,10-12H,7-9H2,1-2H3,(H,20,23)/t11-,12+/m1/s1. The maximum absolute atomic E-state index is 12.2. The van der Waals surface area contributed by atoms with Crippen LogP contribution in [0.5, 0.6) is 0 Å². The Morgan fingerprint density at radius 2 is 2.08 bits per heavy atom. The van der Waals surface area contributed by atoms with E-state index in [-0.39, 0.29) is 17.6 Å². The van der Waals surface area contributed by atoms with Crippen LogP contribution in [0.25, 0.3) is 0 Å². The number of carbonyl (C=O) groups is 1. The summed E-state index contributed by atoms with van der Waals surface area (Å²) in [6.07, 6.45) is 0.958. The van der Waals surface area contributed by atoms with Gasteiger partial charge in [-0.1, -0.05) is 11.6 Å². The second kappa shape index (κ2) is 7.73. The molecule has 3 rings (SSSR count). The minimum atomic E-state index is -0.480. The Labute approximate surface area is 160 Å². The fourth-order valence-electron chi connectivity index (χ4n) is 3.44. The molecule has 1 N–H and O–H groups in total. The molecule has 1 amide bonds. The molecule has 6 nitrogen and oxygen atoms in total. The topological polar surface area (TPSA) is 75.5 Å². The lowest BCUT2D eigenvalue weighted by Gasteiger charge is -2.38. The van der Waals surface area contributed by atoms with Gasteiger partial charge in [0, 0.05) is 47.7 Å². The van der Waals surface area contributed by atoms with Gasteiger partial charge in [-0.3, -0.25) is 19.8 Å². The number of nitro groups is 1. The highest BCUT2D eigenvalue weighted by Crippen LogP contribution is 2.39. The first-order valence-electron chi connectivity index (χ1n) is 8.43. The molecule has 2 atom stereocenters. The van der Waals surface area contributed by atoms with Gasteiger partial charge in [-0.15, -0.1) is 11.3 Å². The molecule has 1 aromatic carbocycles. The van der Waals surface area contributed by atoms with E-state index in [4.69, 9.17) is 11.6 Å². The summed E-state index contributed by atoms with van der Waals surface area (Å²) in [5.41, 5.74) is 1.72. The number of rotatable bonds is 5. The molecule has 0 unspecified atom stereocenters. The van der Waals surface area contributed by atoms with Crippen LogP contribution < -0.4 is 5.32 Å². The molecule has 0 saturated carbocycles. The molecule has 26 heavy (non-hydrogen) atoms. The minimum Gasteiger partial charge on any atom is -0.351 e. The van der Waals surface area contributed by atoms with Crippen LogP contribution >= 0.6 is 22.9 Å². The number of hydrogen-bond donors (Lipinski definition) is 1. The van der Waals surface area contributed by atoms with E-state index in [1.807, 2.05) is 0 Å². The van der Waals surface area contributed by atoms with Crippen LogP contribution in [0.4, 0.5) is 5.69 Å². The van der Waals surface area contributed by atoms with Gasteiger partial charge in [0.15, 0.2) is 0 Å². The SMILES string of the molecule is C[C@@H]1Cc2cc(Cl)sc2[C@H](C)N1CCNC(=O)c1ccc([N+](=O)[O-])cc1. The Morgan fingerprint density at radius 1 is 1.38 bits per heavy atom. The van der Waals surface area contributed by atoms with Gasteiger partial charge in [0.05, 0.1) is 9.26 Å². The molecule has 1 aliphatic rings. The number of nitrogens with zero attached hydrogens (tertiary/aromatic N) is 2. The van der Waals surface area contributed by atoms with Crippen molar-refractivity contribution in [3.63, 3.8) is 0 Å². The Morgan fingerprint density at radius 3 is 2.73 bits per heavy atom. The van der Waals surface area contributed by atoms with Crippen LogP contribution in [0.2, 0.25) is 4.34 Å². The molecule has 0 fully saturated rings. The third-order valence-corrected chi connectivity index (χ3v) is 6.24. The summed E-state index contributed by atoms with van der Waals surface area (Å²) in [5.74, 6) is -0.225. The molecule has 1 aliphatic heterocycles. The zero-order valence-electron chi connectivity index (χ0n) is 14.6. The first kappa shape index (κ1) is 18.8. The lowest BCUT2D eigenvalue weighted by Crippen LogP contribution is -2.44. The largest absolute Gasteiger partial charge is 0.351 e. The molecule has 0 aliphatic carbocycles. The van der Waals surface area contributed by atoms with E-state index in [1.165, 1.54) is 34.7 Å². The van der Waals surface area contributed by atoms with Gasteiger partial charge in [0.1, 0.15) is 0 Å². The number of fused-ring (bicyclic) bond motifs is 1. The van der Waals surface area contributed by atoms with Gasteiger partial charge < -0.3 is 5.32 Å². The highest BCUT2D eigenvalue weighted by atomic mass is 35.5. The number of halogens is 1. The van der Waals surface area contributed by atoms with E-state index in [9.17, 15) is 14.9 Å². The van der Waals surface area contributed by atoms with E-state index in [2.05, 4.69) is 30.1 Å². The van der Waals surface area contributed by atoms with Crippen molar-refractivity contribution in [1.29, 1.82) is 0 Å². The Bertz CT molecular complexity index is 822. The van der Waals surface area contributed by atoms with Gasteiger partial charge in [-0.05, 0) is 44.0 Å². The van der Waals surface area contributed by atoms with Crippen molar-refractivity contribution in [3.05, 3.63) is 60.8 Å². The fraction of sp³-hybridized carbons (Fsp3) is 0.389. The molecule has 8 heteroatoms. The summed E-state index contributed by atoms with van der Waals surface area (Å²) in [5, 5.41) is 13.6. The normalized spacial score (nSPS) is 19.8. The minimum absolute atomic E-state index is 0.0251. The highest BCUT2D eigenvalue weighted by Gasteiger charge is 2.30. The van der Waals surface area contributed by atoms with Crippen molar-refractivity contribution < 1.29 is 9.72 Å². The van der Waals surface area contributed by atoms with Gasteiger partial charge >= 0.3 is 0 Å². The third kappa shape index (κ3) is 3.90. The molecular formula is C18H20ClN3O3S. The smallest absolute Gasteiger partial charge is 0.269 e. The number of carbonyl (C=O) groups excluding carboxylic acids is 1. The van der Waals surface area contributed by atoms with Crippen LogP contribution in [0.1, 0.15) is 40.7 Å². The van der Waals surface area contributed by atoms with E-state index in [1.54, 1.807) is 11.3 Å². The zero-order valence-corrected chi connectivity index (χ0v) is 16.1. The first-order chi connectivity index (χ1) is 12.4. The molecule has 138 valence electrons. The predicted molar refractivity (Wildman–Crippen MR) is 103 cm³/mol. The molecule has 2 heterocycles. The van der Waals surface area contributed by atoms with Gasteiger partial charge in [-0.25, -0.2) is 0 Å². The number of amides is 1. The van der Waals surface area contributed by atoms with Crippen LogP contribution in [-0.2, 0) is 6.42 Å². The number of nitrogens with one attached hydrogen (secondary N) is 1.